The fourth-order valence-corrected chi connectivity index (χ4v) is 3.06. The number of amides is 2. The second-order valence-electron chi connectivity index (χ2n) is 7.30. The quantitative estimate of drug-likeness (QED) is 0.545. The van der Waals surface area contributed by atoms with E-state index in [1.54, 1.807) is 24.3 Å². The van der Waals surface area contributed by atoms with Gasteiger partial charge in [0.1, 0.15) is 11.5 Å². The van der Waals surface area contributed by atoms with E-state index in [9.17, 15) is 9.59 Å². The molecule has 30 heavy (non-hydrogen) atoms. The monoisotopic (exact) mass is 402 g/mol. The Morgan fingerprint density at radius 1 is 1.03 bits per heavy atom. The molecule has 154 valence electrons. The fraction of sp³-hybridized carbons (Fsp3) is 0.200. The van der Waals surface area contributed by atoms with Gasteiger partial charge in [0, 0.05) is 17.7 Å². The SMILES string of the molecule is Cc1cccc(C(=O)N/C(=C\c2ccco2)C(=O)N[C@H](C)CCc2ccccc2)c1. The number of hydrogen-bond acceptors (Lipinski definition) is 3. The molecule has 3 aromatic rings. The third-order valence-electron chi connectivity index (χ3n) is 4.69. The van der Waals surface area contributed by atoms with Crippen LogP contribution >= 0.6 is 0 Å². The Bertz CT molecular complexity index is 1010. The predicted octanol–water partition coefficient (Wildman–Crippen LogP) is 4.50. The highest BCUT2D eigenvalue weighted by Gasteiger charge is 2.17. The van der Waals surface area contributed by atoms with Crippen molar-refractivity contribution in [3.63, 3.8) is 0 Å². The minimum atomic E-state index is -0.354. The number of carbonyl (C=O) groups is 2. The minimum Gasteiger partial charge on any atom is -0.465 e. The highest BCUT2D eigenvalue weighted by molar-refractivity contribution is 6.05. The maximum absolute atomic E-state index is 12.9. The fourth-order valence-electron chi connectivity index (χ4n) is 3.06. The van der Waals surface area contributed by atoms with Crippen molar-refractivity contribution < 1.29 is 14.0 Å². The first-order chi connectivity index (χ1) is 14.5. The third-order valence-corrected chi connectivity index (χ3v) is 4.69. The van der Waals surface area contributed by atoms with E-state index < -0.39 is 0 Å². The summed E-state index contributed by atoms with van der Waals surface area (Å²) < 4.78 is 5.32. The van der Waals surface area contributed by atoms with E-state index in [-0.39, 0.29) is 23.6 Å². The molecule has 5 heteroatoms. The molecule has 0 aliphatic carbocycles. The molecule has 0 saturated carbocycles. The van der Waals surface area contributed by atoms with E-state index in [0.29, 0.717) is 11.3 Å². The van der Waals surface area contributed by atoms with Crippen molar-refractivity contribution in [3.05, 3.63) is 101 Å². The average molecular weight is 402 g/mol. The first kappa shape index (κ1) is 21.1. The van der Waals surface area contributed by atoms with Gasteiger partial charge in [-0.15, -0.1) is 0 Å². The van der Waals surface area contributed by atoms with Crippen LogP contribution in [0.4, 0.5) is 0 Å². The van der Waals surface area contributed by atoms with Crippen LogP contribution in [0.2, 0.25) is 0 Å². The van der Waals surface area contributed by atoms with Crippen molar-refractivity contribution in [2.75, 3.05) is 0 Å². The normalized spacial score (nSPS) is 12.3. The van der Waals surface area contributed by atoms with Crippen LogP contribution in [0.1, 0.15) is 40.6 Å². The highest BCUT2D eigenvalue weighted by Crippen LogP contribution is 2.10. The maximum atomic E-state index is 12.9. The van der Waals surface area contributed by atoms with Gasteiger partial charge in [0.2, 0.25) is 0 Å². The second kappa shape index (κ2) is 10.3. The number of rotatable bonds is 8. The Hall–Kier alpha value is -3.60. The van der Waals surface area contributed by atoms with Gasteiger partial charge in [-0.3, -0.25) is 9.59 Å². The zero-order valence-corrected chi connectivity index (χ0v) is 17.2. The Morgan fingerprint density at radius 2 is 1.83 bits per heavy atom. The summed E-state index contributed by atoms with van der Waals surface area (Å²) in [6, 6.07) is 20.7. The van der Waals surface area contributed by atoms with Gasteiger partial charge in [-0.25, -0.2) is 0 Å². The van der Waals surface area contributed by atoms with Crippen molar-refractivity contribution in [2.45, 2.75) is 32.7 Å². The van der Waals surface area contributed by atoms with E-state index in [0.717, 1.165) is 18.4 Å². The van der Waals surface area contributed by atoms with Gasteiger partial charge >= 0.3 is 0 Å². The van der Waals surface area contributed by atoms with E-state index in [1.807, 2.05) is 44.2 Å². The van der Waals surface area contributed by atoms with Gasteiger partial charge in [-0.1, -0.05) is 48.0 Å². The molecule has 0 spiro atoms. The summed E-state index contributed by atoms with van der Waals surface area (Å²) in [5, 5.41) is 5.70. The lowest BCUT2D eigenvalue weighted by Gasteiger charge is -2.16. The third kappa shape index (κ3) is 6.21. The van der Waals surface area contributed by atoms with Crippen LogP contribution in [-0.2, 0) is 11.2 Å². The Kier molecular flexibility index (Phi) is 7.22. The highest BCUT2D eigenvalue weighted by atomic mass is 16.3. The van der Waals surface area contributed by atoms with Gasteiger partial charge in [0.05, 0.1) is 6.26 Å². The molecular weight excluding hydrogens is 376 g/mol. The minimum absolute atomic E-state index is 0.0615. The molecule has 2 N–H and O–H groups in total. The van der Waals surface area contributed by atoms with Crippen LogP contribution in [0.5, 0.6) is 0 Å². The standard InChI is InChI=1S/C25H26N2O3/c1-18-8-6-11-21(16-18)24(28)27-23(17-22-12-7-15-30-22)25(29)26-19(2)13-14-20-9-4-3-5-10-20/h3-12,15-17,19H,13-14H2,1-2H3,(H,26,29)(H,27,28)/b23-17-/t19-/m1/s1. The van der Waals surface area contributed by atoms with Gasteiger partial charge in [0.15, 0.2) is 0 Å². The van der Waals surface area contributed by atoms with Crippen LogP contribution in [0.15, 0.2) is 83.1 Å². The number of carbonyl (C=O) groups excluding carboxylic acids is 2. The molecule has 0 fully saturated rings. The van der Waals surface area contributed by atoms with Crippen molar-refractivity contribution in [3.8, 4) is 0 Å². The van der Waals surface area contributed by atoms with Crippen LogP contribution in [-0.4, -0.2) is 17.9 Å². The summed E-state index contributed by atoms with van der Waals surface area (Å²) >= 11 is 0. The molecule has 0 unspecified atom stereocenters. The molecule has 2 aromatic carbocycles. The van der Waals surface area contributed by atoms with Crippen molar-refractivity contribution >= 4 is 17.9 Å². The Balaban J connectivity index is 1.68. The van der Waals surface area contributed by atoms with E-state index in [4.69, 9.17) is 4.42 Å². The molecule has 5 nitrogen and oxygen atoms in total. The number of furan rings is 1. The molecule has 1 aromatic heterocycles. The number of hydrogen-bond donors (Lipinski definition) is 2. The van der Waals surface area contributed by atoms with Crippen LogP contribution in [0.25, 0.3) is 6.08 Å². The molecular formula is C25H26N2O3. The summed E-state index contributed by atoms with van der Waals surface area (Å²) in [5.74, 6) is -0.210. The number of benzene rings is 2. The summed E-state index contributed by atoms with van der Waals surface area (Å²) in [6.45, 7) is 3.87. The Labute approximate surface area is 176 Å². The molecule has 0 bridgehead atoms. The molecule has 0 radical (unpaired) electrons. The lowest BCUT2D eigenvalue weighted by molar-refractivity contribution is -0.118. The molecule has 2 amide bonds. The Morgan fingerprint density at radius 3 is 2.53 bits per heavy atom. The van der Waals surface area contributed by atoms with Crippen molar-refractivity contribution in [1.29, 1.82) is 0 Å². The topological polar surface area (TPSA) is 71.3 Å². The zero-order chi connectivity index (χ0) is 21.3. The summed E-state index contributed by atoms with van der Waals surface area (Å²) in [5.41, 5.74) is 2.82. The first-order valence-corrected chi connectivity index (χ1v) is 9.99. The summed E-state index contributed by atoms with van der Waals surface area (Å²) in [4.78, 5) is 25.6. The maximum Gasteiger partial charge on any atom is 0.268 e. The van der Waals surface area contributed by atoms with Gasteiger partial charge < -0.3 is 15.1 Å². The number of nitrogens with one attached hydrogen (secondary N) is 2. The lowest BCUT2D eigenvalue weighted by atomic mass is 10.1. The summed E-state index contributed by atoms with van der Waals surface area (Å²) in [6.07, 6.45) is 4.70. The van der Waals surface area contributed by atoms with Gasteiger partial charge in [0.25, 0.3) is 11.8 Å². The van der Waals surface area contributed by atoms with Crippen molar-refractivity contribution in [2.24, 2.45) is 0 Å². The average Bonchev–Trinajstić information content (AvgIpc) is 3.25. The van der Waals surface area contributed by atoms with Crippen LogP contribution < -0.4 is 10.6 Å². The van der Waals surface area contributed by atoms with Crippen molar-refractivity contribution in [1.82, 2.24) is 10.6 Å². The molecule has 0 saturated heterocycles. The first-order valence-electron chi connectivity index (χ1n) is 9.99. The van der Waals surface area contributed by atoms with E-state index in [1.165, 1.54) is 17.9 Å². The molecule has 3 rings (SSSR count). The second-order valence-corrected chi connectivity index (χ2v) is 7.30. The molecule has 0 aliphatic rings. The van der Waals surface area contributed by atoms with Gasteiger partial charge in [-0.2, -0.15) is 0 Å². The number of aryl methyl sites for hydroxylation is 2. The van der Waals surface area contributed by atoms with Gasteiger partial charge in [-0.05, 0) is 56.5 Å². The predicted molar refractivity (Wildman–Crippen MR) is 118 cm³/mol. The molecule has 0 aliphatic heterocycles. The van der Waals surface area contributed by atoms with Crippen LogP contribution in [0.3, 0.4) is 0 Å². The van der Waals surface area contributed by atoms with Crippen LogP contribution in [0, 0.1) is 6.92 Å². The summed E-state index contributed by atoms with van der Waals surface area (Å²) in [7, 11) is 0. The smallest absolute Gasteiger partial charge is 0.268 e. The zero-order valence-electron chi connectivity index (χ0n) is 17.2. The largest absolute Gasteiger partial charge is 0.465 e. The van der Waals surface area contributed by atoms with E-state index >= 15 is 0 Å². The molecule has 1 heterocycles. The van der Waals surface area contributed by atoms with E-state index in [2.05, 4.69) is 22.8 Å². The molecule has 1 atom stereocenters. The lowest BCUT2D eigenvalue weighted by Crippen LogP contribution is -2.39.